The van der Waals surface area contributed by atoms with Crippen LogP contribution in [0.4, 0.5) is 0 Å². The highest BCUT2D eigenvalue weighted by Crippen LogP contribution is 2.41. The van der Waals surface area contributed by atoms with Crippen molar-refractivity contribution in [2.24, 2.45) is 17.3 Å². The normalized spacial score (nSPS) is 22.1. The molecule has 1 aromatic carbocycles. The fourth-order valence-electron chi connectivity index (χ4n) is 6.43. The number of aromatic nitrogens is 1. The standard InChI is InChI=1S/C32H45N3O5/c1-31(2)21-34(29(38)25(20-36)17-23-11-7-5-8-12-23)16-15-32(31,40)22-35-19-27(30(39)33(3)4)26(18-28(35)37)24-13-9-6-10-14-24/h6,9-10,13-14,18-19,23,25,36,40H,5,7-8,11-12,15-17,20-22H2,1-4H3. The zero-order valence-corrected chi connectivity index (χ0v) is 24.4. The molecule has 8 nitrogen and oxygen atoms in total. The number of likely N-dealkylation sites (tertiary alicyclic amines) is 1. The first kappa shape index (κ1) is 30.0. The van der Waals surface area contributed by atoms with Crippen LogP contribution in [0.2, 0.25) is 0 Å². The Labute approximate surface area is 237 Å². The second-order valence-electron chi connectivity index (χ2n) is 12.7. The van der Waals surface area contributed by atoms with E-state index in [2.05, 4.69) is 0 Å². The molecule has 2 aromatic rings. The molecule has 2 amide bonds. The molecule has 0 bridgehead atoms. The lowest BCUT2D eigenvalue weighted by molar-refractivity contribution is -0.158. The summed E-state index contributed by atoms with van der Waals surface area (Å²) >= 11 is 0. The predicted octanol–water partition coefficient (Wildman–Crippen LogP) is 3.79. The average molecular weight is 552 g/mol. The molecule has 1 aliphatic carbocycles. The molecule has 0 radical (unpaired) electrons. The van der Waals surface area contributed by atoms with Gasteiger partial charge in [0, 0.05) is 50.4 Å². The van der Waals surface area contributed by atoms with Crippen molar-refractivity contribution in [3.05, 3.63) is 58.5 Å². The molecule has 2 heterocycles. The molecule has 1 aliphatic heterocycles. The van der Waals surface area contributed by atoms with Gasteiger partial charge < -0.3 is 24.6 Å². The molecule has 0 spiro atoms. The van der Waals surface area contributed by atoms with Gasteiger partial charge in [-0.2, -0.15) is 0 Å². The summed E-state index contributed by atoms with van der Waals surface area (Å²) in [7, 11) is 3.34. The van der Waals surface area contributed by atoms with E-state index in [1.165, 1.54) is 34.8 Å². The van der Waals surface area contributed by atoms with Crippen LogP contribution in [0.15, 0.2) is 47.4 Å². The van der Waals surface area contributed by atoms with E-state index in [9.17, 15) is 24.6 Å². The Hall–Kier alpha value is -2.97. The number of hydrogen-bond acceptors (Lipinski definition) is 5. The third-order valence-electron chi connectivity index (χ3n) is 9.14. The summed E-state index contributed by atoms with van der Waals surface area (Å²) in [5, 5.41) is 22.0. The van der Waals surface area contributed by atoms with E-state index in [1.807, 2.05) is 44.2 Å². The smallest absolute Gasteiger partial charge is 0.255 e. The predicted molar refractivity (Wildman–Crippen MR) is 156 cm³/mol. The van der Waals surface area contributed by atoms with Crippen molar-refractivity contribution in [3.63, 3.8) is 0 Å². The lowest BCUT2D eigenvalue weighted by Gasteiger charge is -2.51. The summed E-state index contributed by atoms with van der Waals surface area (Å²) in [5.41, 5.74) is -0.592. The molecule has 2 atom stereocenters. The number of carbonyl (C=O) groups excluding carboxylic acids is 2. The largest absolute Gasteiger partial charge is 0.396 e. The number of rotatable bonds is 8. The third-order valence-corrected chi connectivity index (χ3v) is 9.14. The van der Waals surface area contributed by atoms with Crippen LogP contribution in [-0.2, 0) is 11.3 Å². The van der Waals surface area contributed by atoms with E-state index < -0.39 is 16.9 Å². The Morgan fingerprint density at radius 2 is 1.77 bits per heavy atom. The number of nitrogens with zero attached hydrogens (tertiary/aromatic N) is 3. The lowest BCUT2D eigenvalue weighted by atomic mass is 9.69. The molecular formula is C32H45N3O5. The first-order chi connectivity index (χ1) is 19.0. The van der Waals surface area contributed by atoms with Crippen LogP contribution in [0.3, 0.4) is 0 Å². The maximum Gasteiger partial charge on any atom is 0.255 e. The van der Waals surface area contributed by atoms with E-state index in [0.717, 1.165) is 18.4 Å². The number of aliphatic hydroxyl groups is 2. The Bertz CT molecular complexity index is 1250. The molecule has 1 saturated carbocycles. The van der Waals surface area contributed by atoms with Gasteiger partial charge in [0.2, 0.25) is 5.91 Å². The van der Waals surface area contributed by atoms with Crippen molar-refractivity contribution in [2.75, 3.05) is 33.8 Å². The second-order valence-corrected chi connectivity index (χ2v) is 12.7. The van der Waals surface area contributed by atoms with Crippen molar-refractivity contribution < 1.29 is 19.8 Å². The van der Waals surface area contributed by atoms with Crippen LogP contribution < -0.4 is 5.56 Å². The summed E-state index contributed by atoms with van der Waals surface area (Å²) in [5.74, 6) is -0.217. The van der Waals surface area contributed by atoms with Gasteiger partial charge in [0.15, 0.2) is 0 Å². The molecule has 8 heteroatoms. The Morgan fingerprint density at radius 1 is 1.10 bits per heavy atom. The molecule has 2 aliphatic rings. The first-order valence-electron chi connectivity index (χ1n) is 14.6. The molecule has 40 heavy (non-hydrogen) atoms. The molecule has 2 unspecified atom stereocenters. The fourth-order valence-corrected chi connectivity index (χ4v) is 6.43. The summed E-state index contributed by atoms with van der Waals surface area (Å²) in [4.78, 5) is 43.2. The molecule has 1 aromatic heterocycles. The molecule has 218 valence electrons. The van der Waals surface area contributed by atoms with Crippen molar-refractivity contribution in [3.8, 4) is 11.1 Å². The van der Waals surface area contributed by atoms with Gasteiger partial charge >= 0.3 is 0 Å². The van der Waals surface area contributed by atoms with Crippen LogP contribution in [0.5, 0.6) is 0 Å². The number of aliphatic hydroxyl groups excluding tert-OH is 1. The van der Waals surface area contributed by atoms with Gasteiger partial charge in [0.1, 0.15) is 0 Å². The maximum absolute atomic E-state index is 13.5. The van der Waals surface area contributed by atoms with Gasteiger partial charge in [-0.1, -0.05) is 76.3 Å². The zero-order chi connectivity index (χ0) is 29.1. The minimum Gasteiger partial charge on any atom is -0.396 e. The lowest BCUT2D eigenvalue weighted by Crippen LogP contribution is -2.61. The summed E-state index contributed by atoms with van der Waals surface area (Å²) in [6.45, 7) is 4.34. The maximum atomic E-state index is 13.5. The number of pyridine rings is 1. The van der Waals surface area contributed by atoms with E-state index >= 15 is 0 Å². The zero-order valence-electron chi connectivity index (χ0n) is 24.4. The van der Waals surface area contributed by atoms with Gasteiger partial charge in [-0.25, -0.2) is 0 Å². The number of carbonyl (C=O) groups is 2. The Kier molecular flexibility index (Phi) is 9.20. The van der Waals surface area contributed by atoms with E-state index in [1.54, 1.807) is 25.2 Å². The number of hydrogen-bond donors (Lipinski definition) is 2. The molecular weight excluding hydrogens is 506 g/mol. The fraction of sp³-hybridized carbons (Fsp3) is 0.594. The van der Waals surface area contributed by atoms with Gasteiger partial charge in [-0.05, 0) is 24.3 Å². The van der Waals surface area contributed by atoms with Gasteiger partial charge in [-0.3, -0.25) is 14.4 Å². The van der Waals surface area contributed by atoms with Gasteiger partial charge in [-0.15, -0.1) is 0 Å². The van der Waals surface area contributed by atoms with E-state index in [0.29, 0.717) is 36.6 Å². The SMILES string of the molecule is CN(C)C(=O)c1cn(CC2(O)CCN(C(=O)C(CO)CC3CCCCC3)CC2(C)C)c(=O)cc1-c1ccccc1. The Morgan fingerprint density at radius 3 is 2.38 bits per heavy atom. The number of amides is 2. The molecule has 1 saturated heterocycles. The van der Waals surface area contributed by atoms with Gasteiger partial charge in [0.05, 0.1) is 30.2 Å². The number of benzene rings is 1. The van der Waals surface area contributed by atoms with Crippen LogP contribution in [0, 0.1) is 17.3 Å². The first-order valence-corrected chi connectivity index (χ1v) is 14.6. The average Bonchev–Trinajstić information content (AvgIpc) is 2.94. The summed E-state index contributed by atoms with van der Waals surface area (Å²) in [6.07, 6.45) is 8.42. The van der Waals surface area contributed by atoms with Crippen LogP contribution >= 0.6 is 0 Å². The topological polar surface area (TPSA) is 103 Å². The van der Waals surface area contributed by atoms with Crippen LogP contribution in [-0.4, -0.2) is 75.8 Å². The molecule has 4 rings (SSSR count). The van der Waals surface area contributed by atoms with Crippen LogP contribution in [0.1, 0.15) is 69.2 Å². The number of piperidine rings is 1. The highest BCUT2D eigenvalue weighted by atomic mass is 16.3. The van der Waals surface area contributed by atoms with Crippen molar-refractivity contribution in [2.45, 2.75) is 70.9 Å². The highest BCUT2D eigenvalue weighted by Gasteiger charge is 2.49. The minimum absolute atomic E-state index is 0.00907. The van der Waals surface area contributed by atoms with Crippen molar-refractivity contribution in [1.29, 1.82) is 0 Å². The summed E-state index contributed by atoms with van der Waals surface area (Å²) < 4.78 is 1.43. The second kappa shape index (κ2) is 12.3. The highest BCUT2D eigenvalue weighted by molar-refractivity contribution is 6.00. The van der Waals surface area contributed by atoms with Crippen molar-refractivity contribution in [1.82, 2.24) is 14.4 Å². The third kappa shape index (κ3) is 6.33. The van der Waals surface area contributed by atoms with E-state index in [4.69, 9.17) is 0 Å². The van der Waals surface area contributed by atoms with Crippen LogP contribution in [0.25, 0.3) is 11.1 Å². The summed E-state index contributed by atoms with van der Waals surface area (Å²) in [6, 6.07) is 10.8. The van der Waals surface area contributed by atoms with Gasteiger partial charge in [0.25, 0.3) is 11.5 Å². The quantitative estimate of drug-likeness (QED) is 0.520. The molecule has 2 N–H and O–H groups in total. The Balaban J connectivity index is 1.56. The van der Waals surface area contributed by atoms with Crippen molar-refractivity contribution >= 4 is 11.8 Å². The molecule has 2 fully saturated rings. The monoisotopic (exact) mass is 551 g/mol. The van der Waals surface area contributed by atoms with E-state index in [-0.39, 0.29) is 36.9 Å². The minimum atomic E-state index is -1.28.